The fourth-order valence-corrected chi connectivity index (χ4v) is 1.81. The first-order chi connectivity index (χ1) is 10.1. The van der Waals surface area contributed by atoms with Gasteiger partial charge >= 0.3 is 5.82 Å². The summed E-state index contributed by atoms with van der Waals surface area (Å²) in [6.45, 7) is 2.15. The van der Waals surface area contributed by atoms with Crippen molar-refractivity contribution in [3.63, 3.8) is 0 Å². The number of alkyl halides is 1. The van der Waals surface area contributed by atoms with Gasteiger partial charge in [0.2, 0.25) is 0 Å². The minimum atomic E-state index is -0.507. The smallest absolute Gasteiger partial charge is 0.342 e. The van der Waals surface area contributed by atoms with Crippen molar-refractivity contribution >= 4 is 5.82 Å². The third kappa shape index (κ3) is 3.81. The van der Waals surface area contributed by atoms with Crippen molar-refractivity contribution in [1.29, 1.82) is 0 Å². The van der Waals surface area contributed by atoms with E-state index in [4.69, 9.17) is 4.74 Å². The van der Waals surface area contributed by atoms with Gasteiger partial charge in [-0.25, -0.2) is 18.6 Å². The first-order valence-electron chi connectivity index (χ1n) is 6.31. The van der Waals surface area contributed by atoms with E-state index >= 15 is 0 Å². The normalized spacial score (nSPS) is 11.0. The van der Waals surface area contributed by atoms with E-state index in [0.29, 0.717) is 18.1 Å². The SMILES string of the molecule is Cc1ncc([N+](=O)[O-])n1CCOCc1cn(CCF)nn1. The van der Waals surface area contributed by atoms with Crippen LogP contribution in [0.5, 0.6) is 0 Å². The van der Waals surface area contributed by atoms with Crippen LogP contribution >= 0.6 is 0 Å². The Balaban J connectivity index is 1.81. The van der Waals surface area contributed by atoms with Crippen molar-refractivity contribution in [2.24, 2.45) is 0 Å². The average Bonchev–Trinajstić information content (AvgIpc) is 3.03. The Morgan fingerprint density at radius 3 is 3.00 bits per heavy atom. The van der Waals surface area contributed by atoms with Crippen molar-refractivity contribution in [1.82, 2.24) is 24.5 Å². The highest BCUT2D eigenvalue weighted by Gasteiger charge is 2.16. The molecule has 0 saturated carbocycles. The minimum absolute atomic E-state index is 0.0648. The molecule has 0 aromatic carbocycles. The van der Waals surface area contributed by atoms with E-state index in [9.17, 15) is 14.5 Å². The Hall–Kier alpha value is -2.36. The van der Waals surface area contributed by atoms with Crippen molar-refractivity contribution in [2.75, 3.05) is 13.3 Å². The van der Waals surface area contributed by atoms with Crippen LogP contribution in [0.25, 0.3) is 0 Å². The second-order valence-electron chi connectivity index (χ2n) is 4.29. The van der Waals surface area contributed by atoms with E-state index in [1.54, 1.807) is 13.1 Å². The molecule has 0 unspecified atom stereocenters. The molecular formula is C11H15FN6O3. The topological polar surface area (TPSA) is 101 Å². The first kappa shape index (κ1) is 15.0. The summed E-state index contributed by atoms with van der Waals surface area (Å²) in [4.78, 5) is 14.2. The van der Waals surface area contributed by atoms with Gasteiger partial charge in [0, 0.05) is 6.92 Å². The second-order valence-corrected chi connectivity index (χ2v) is 4.29. The average molecular weight is 298 g/mol. The predicted molar refractivity (Wildman–Crippen MR) is 69.3 cm³/mol. The molecule has 0 aliphatic carbocycles. The molecule has 0 aliphatic heterocycles. The number of nitrogens with zero attached hydrogens (tertiary/aromatic N) is 6. The van der Waals surface area contributed by atoms with Crippen molar-refractivity contribution < 1.29 is 14.1 Å². The zero-order chi connectivity index (χ0) is 15.2. The van der Waals surface area contributed by atoms with E-state index < -0.39 is 11.6 Å². The van der Waals surface area contributed by atoms with Crippen LogP contribution in [-0.4, -0.2) is 42.7 Å². The summed E-state index contributed by atoms with van der Waals surface area (Å²) in [5, 5.41) is 18.4. The maximum Gasteiger partial charge on any atom is 0.342 e. The lowest BCUT2D eigenvalue weighted by molar-refractivity contribution is -0.392. The Morgan fingerprint density at radius 1 is 1.48 bits per heavy atom. The molecule has 2 aromatic heterocycles. The number of rotatable bonds is 8. The fourth-order valence-electron chi connectivity index (χ4n) is 1.81. The molecule has 0 bridgehead atoms. The molecule has 0 amide bonds. The highest BCUT2D eigenvalue weighted by Crippen LogP contribution is 2.13. The van der Waals surface area contributed by atoms with Gasteiger partial charge in [-0.05, 0) is 4.92 Å². The predicted octanol–water partition coefficient (Wildman–Crippen LogP) is 0.878. The number of hydrogen-bond donors (Lipinski definition) is 0. The molecular weight excluding hydrogens is 283 g/mol. The largest absolute Gasteiger partial charge is 0.371 e. The molecule has 0 fully saturated rings. The lowest BCUT2D eigenvalue weighted by Crippen LogP contribution is -2.10. The summed E-state index contributed by atoms with van der Waals surface area (Å²) in [6, 6.07) is 0. The van der Waals surface area contributed by atoms with Gasteiger partial charge in [0.05, 0.1) is 26.0 Å². The number of aryl methyl sites for hydroxylation is 2. The Kier molecular flexibility index (Phi) is 4.93. The van der Waals surface area contributed by atoms with Crippen LogP contribution in [0.2, 0.25) is 0 Å². The highest BCUT2D eigenvalue weighted by atomic mass is 19.1. The second kappa shape index (κ2) is 6.88. The molecule has 114 valence electrons. The molecule has 0 aliphatic rings. The molecule has 10 heteroatoms. The third-order valence-corrected chi connectivity index (χ3v) is 2.83. The minimum Gasteiger partial charge on any atom is -0.371 e. The maximum absolute atomic E-state index is 12.1. The van der Waals surface area contributed by atoms with Gasteiger partial charge in [-0.3, -0.25) is 0 Å². The van der Waals surface area contributed by atoms with Crippen LogP contribution in [0, 0.1) is 17.0 Å². The summed E-state index contributed by atoms with van der Waals surface area (Å²) < 4.78 is 20.4. The summed E-state index contributed by atoms with van der Waals surface area (Å²) in [7, 11) is 0. The van der Waals surface area contributed by atoms with Crippen LogP contribution in [0.15, 0.2) is 12.4 Å². The summed E-state index contributed by atoms with van der Waals surface area (Å²) in [5.74, 6) is 0.490. The van der Waals surface area contributed by atoms with Crippen molar-refractivity contribution in [3.8, 4) is 0 Å². The third-order valence-electron chi connectivity index (χ3n) is 2.83. The fraction of sp³-hybridized carbons (Fsp3) is 0.545. The summed E-state index contributed by atoms with van der Waals surface area (Å²) >= 11 is 0. The van der Waals surface area contributed by atoms with Gasteiger partial charge in [-0.2, -0.15) is 0 Å². The molecule has 21 heavy (non-hydrogen) atoms. The zero-order valence-electron chi connectivity index (χ0n) is 11.5. The number of ether oxygens (including phenoxy) is 1. The number of halogens is 1. The van der Waals surface area contributed by atoms with E-state index in [1.165, 1.54) is 15.4 Å². The lowest BCUT2D eigenvalue weighted by Gasteiger charge is -2.03. The Labute approximate surface area is 119 Å². The van der Waals surface area contributed by atoms with Gasteiger partial charge in [0.25, 0.3) is 0 Å². The summed E-state index contributed by atoms with van der Waals surface area (Å²) in [6.07, 6.45) is 2.82. The molecule has 0 spiro atoms. The maximum atomic E-state index is 12.1. The molecule has 9 nitrogen and oxygen atoms in total. The number of hydrogen-bond acceptors (Lipinski definition) is 6. The standard InChI is InChI=1S/C11H15FN6O3/c1-9-13-6-11(18(19)20)17(9)4-5-21-8-10-7-16(3-2-12)15-14-10/h6-7H,2-5,8H2,1H3. The Bertz CT molecular complexity index is 611. The highest BCUT2D eigenvalue weighted by molar-refractivity contribution is 5.18. The van der Waals surface area contributed by atoms with Crippen molar-refractivity contribution in [2.45, 2.75) is 26.6 Å². The van der Waals surface area contributed by atoms with E-state index in [-0.39, 0.29) is 25.6 Å². The molecule has 0 radical (unpaired) electrons. The molecule has 0 atom stereocenters. The molecule has 2 heterocycles. The number of aromatic nitrogens is 5. The lowest BCUT2D eigenvalue weighted by atomic mass is 10.5. The summed E-state index contributed by atoms with van der Waals surface area (Å²) in [5.41, 5.74) is 0.584. The number of imidazole rings is 1. The van der Waals surface area contributed by atoms with Gasteiger partial charge < -0.3 is 14.9 Å². The first-order valence-corrected chi connectivity index (χ1v) is 6.31. The van der Waals surface area contributed by atoms with Crippen LogP contribution in [0.3, 0.4) is 0 Å². The van der Waals surface area contributed by atoms with E-state index in [2.05, 4.69) is 15.3 Å². The van der Waals surface area contributed by atoms with Gasteiger partial charge in [-0.1, -0.05) is 5.21 Å². The quantitative estimate of drug-likeness (QED) is 0.407. The van der Waals surface area contributed by atoms with E-state index in [0.717, 1.165) is 0 Å². The van der Waals surface area contributed by atoms with Gasteiger partial charge in [0.1, 0.15) is 25.1 Å². The molecule has 0 saturated heterocycles. The monoisotopic (exact) mass is 298 g/mol. The van der Waals surface area contributed by atoms with Crippen LogP contribution < -0.4 is 0 Å². The Morgan fingerprint density at radius 2 is 2.29 bits per heavy atom. The van der Waals surface area contributed by atoms with Gasteiger partial charge in [-0.15, -0.1) is 5.10 Å². The molecule has 2 aromatic rings. The van der Waals surface area contributed by atoms with Crippen molar-refractivity contribution in [3.05, 3.63) is 34.0 Å². The van der Waals surface area contributed by atoms with Gasteiger partial charge in [0.15, 0.2) is 5.82 Å². The van der Waals surface area contributed by atoms with Crippen LogP contribution in [0.1, 0.15) is 11.5 Å². The van der Waals surface area contributed by atoms with E-state index in [1.807, 2.05) is 0 Å². The zero-order valence-corrected chi connectivity index (χ0v) is 11.5. The molecule has 2 rings (SSSR count). The number of nitro groups is 1. The van der Waals surface area contributed by atoms with Crippen LogP contribution in [0.4, 0.5) is 10.2 Å². The van der Waals surface area contributed by atoms with Crippen LogP contribution in [-0.2, 0) is 24.4 Å². The molecule has 0 N–H and O–H groups in total.